The molecule has 0 radical (unpaired) electrons. The van der Waals surface area contributed by atoms with Gasteiger partial charge in [0.15, 0.2) is 5.83 Å². The van der Waals surface area contributed by atoms with E-state index >= 15 is 0 Å². The fourth-order valence-corrected chi connectivity index (χ4v) is 0.867. The second-order valence-electron chi connectivity index (χ2n) is 2.89. The minimum absolute atomic E-state index is 1.50. The molecule has 9 heteroatoms. The Morgan fingerprint density at radius 2 is 1.19 bits per heavy atom. The quantitative estimate of drug-likeness (QED) is 0.576. The van der Waals surface area contributed by atoms with Crippen LogP contribution < -0.4 is 0 Å². The van der Waals surface area contributed by atoms with Gasteiger partial charge in [-0.3, -0.25) is 0 Å². The average molecular weight is 256 g/mol. The van der Waals surface area contributed by atoms with Crippen molar-refractivity contribution in [3.05, 3.63) is 23.6 Å². The summed E-state index contributed by atoms with van der Waals surface area (Å²) in [5, 5.41) is 0. The topological polar surface area (TPSA) is 0 Å². The molecule has 0 aliphatic heterocycles. The van der Waals surface area contributed by atoms with E-state index in [1.54, 1.807) is 0 Å². The highest BCUT2D eigenvalue weighted by Gasteiger charge is 2.65. The maximum Gasteiger partial charge on any atom is 0.367 e. The van der Waals surface area contributed by atoms with Gasteiger partial charge in [0.2, 0.25) is 11.7 Å². The van der Waals surface area contributed by atoms with Crippen molar-refractivity contribution in [1.29, 1.82) is 0 Å². The third-order valence-corrected chi connectivity index (χ3v) is 1.77. The zero-order valence-corrected chi connectivity index (χ0v) is 6.98. The molecule has 0 aromatic carbocycles. The highest BCUT2D eigenvalue weighted by Crippen LogP contribution is 2.51. The molecule has 0 unspecified atom stereocenters. The fraction of sp³-hybridized carbons (Fsp3) is 0.429. The summed E-state index contributed by atoms with van der Waals surface area (Å²) in [4.78, 5) is 0. The molecule has 0 heterocycles. The normalized spacial score (nSPS) is 27.4. The average Bonchev–Trinajstić information content (AvgIpc) is 2.14. The van der Waals surface area contributed by atoms with Gasteiger partial charge in [-0.25, -0.2) is 13.2 Å². The van der Waals surface area contributed by atoms with E-state index in [0.29, 0.717) is 0 Å². The molecule has 0 nitrogen and oxygen atoms in total. The van der Waals surface area contributed by atoms with Crippen molar-refractivity contribution < 1.29 is 39.5 Å². The molecule has 16 heavy (non-hydrogen) atoms. The molecule has 0 saturated carbocycles. The maximum absolute atomic E-state index is 12.4. The van der Waals surface area contributed by atoms with Gasteiger partial charge in [-0.15, -0.1) is 0 Å². The first-order valence-electron chi connectivity index (χ1n) is 3.53. The molecule has 0 aromatic heterocycles. The number of rotatable bonds is 0. The van der Waals surface area contributed by atoms with Crippen molar-refractivity contribution in [3.8, 4) is 0 Å². The summed E-state index contributed by atoms with van der Waals surface area (Å²) in [5.41, 5.74) is 0. The summed E-state index contributed by atoms with van der Waals surface area (Å²) in [7, 11) is 0. The van der Waals surface area contributed by atoms with Gasteiger partial charge in [0.05, 0.1) is 0 Å². The molecule has 0 bridgehead atoms. The molecule has 0 N–H and O–H groups in total. The predicted molar refractivity (Wildman–Crippen MR) is 33.3 cm³/mol. The Labute approximate surface area is 82.0 Å². The molecular formula is C7HF9. The van der Waals surface area contributed by atoms with Gasteiger partial charge in [-0.1, -0.05) is 0 Å². The predicted octanol–water partition coefficient (Wildman–Crippen LogP) is 3.91. The van der Waals surface area contributed by atoms with E-state index < -0.39 is 41.3 Å². The number of hydrogen-bond donors (Lipinski definition) is 0. The first-order valence-corrected chi connectivity index (χ1v) is 3.53. The maximum atomic E-state index is 12.4. The van der Waals surface area contributed by atoms with E-state index in [-0.39, 0.29) is 0 Å². The first-order chi connectivity index (χ1) is 6.94. The van der Waals surface area contributed by atoms with Gasteiger partial charge in [0, 0.05) is 6.08 Å². The van der Waals surface area contributed by atoms with Crippen molar-refractivity contribution in [2.75, 3.05) is 0 Å². The van der Waals surface area contributed by atoms with E-state index in [2.05, 4.69) is 0 Å². The van der Waals surface area contributed by atoms with Crippen LogP contribution in [0.3, 0.4) is 0 Å². The van der Waals surface area contributed by atoms with Crippen LogP contribution in [0.25, 0.3) is 0 Å². The second-order valence-corrected chi connectivity index (χ2v) is 2.89. The summed E-state index contributed by atoms with van der Waals surface area (Å²) >= 11 is 0. The molecule has 1 rings (SSSR count). The van der Waals surface area contributed by atoms with Crippen LogP contribution in [0.15, 0.2) is 23.6 Å². The molecule has 0 amide bonds. The van der Waals surface area contributed by atoms with Crippen LogP contribution in [0.5, 0.6) is 0 Å². The number of alkyl halides is 6. The lowest BCUT2D eigenvalue weighted by Crippen LogP contribution is -2.39. The van der Waals surface area contributed by atoms with Gasteiger partial charge in [-0.2, -0.15) is 26.3 Å². The molecule has 0 fully saturated rings. The van der Waals surface area contributed by atoms with Gasteiger partial charge >= 0.3 is 17.8 Å². The van der Waals surface area contributed by atoms with Crippen molar-refractivity contribution in [2.45, 2.75) is 17.8 Å². The first kappa shape index (κ1) is 12.9. The SMILES string of the molecule is FC1=CC(F)(F)C(F)(F)C(F)=C(F)C1(F)F. The van der Waals surface area contributed by atoms with Gasteiger partial charge in [0.25, 0.3) is 0 Å². The Morgan fingerprint density at radius 1 is 0.750 bits per heavy atom. The molecule has 0 saturated heterocycles. The van der Waals surface area contributed by atoms with Crippen molar-refractivity contribution in [3.63, 3.8) is 0 Å². The largest absolute Gasteiger partial charge is 0.367 e. The van der Waals surface area contributed by atoms with Crippen LogP contribution in [0, 0.1) is 0 Å². The van der Waals surface area contributed by atoms with E-state index in [0.717, 1.165) is 0 Å². The Bertz CT molecular complexity index is 375. The van der Waals surface area contributed by atoms with Gasteiger partial charge < -0.3 is 0 Å². The van der Waals surface area contributed by atoms with Crippen LogP contribution in [0.4, 0.5) is 39.5 Å². The minimum Gasteiger partial charge on any atom is -0.205 e. The van der Waals surface area contributed by atoms with Crippen LogP contribution in [0.2, 0.25) is 0 Å². The zero-order valence-electron chi connectivity index (χ0n) is 6.98. The number of hydrogen-bond acceptors (Lipinski definition) is 0. The molecule has 1 aliphatic carbocycles. The van der Waals surface area contributed by atoms with Crippen molar-refractivity contribution in [2.24, 2.45) is 0 Å². The van der Waals surface area contributed by atoms with Crippen LogP contribution >= 0.6 is 0 Å². The Balaban J connectivity index is 3.59. The minimum atomic E-state index is -5.87. The van der Waals surface area contributed by atoms with E-state index in [1.807, 2.05) is 0 Å². The number of allylic oxidation sites excluding steroid dienone is 4. The summed E-state index contributed by atoms with van der Waals surface area (Å²) in [6.45, 7) is 0. The standard InChI is InChI=1S/C7HF9/c8-2-1-5(11,12)7(15,16)4(10)3(9)6(2,13)14/h1H. The summed E-state index contributed by atoms with van der Waals surface area (Å²) in [6.07, 6.45) is -1.50. The third kappa shape index (κ3) is 1.49. The summed E-state index contributed by atoms with van der Waals surface area (Å²) in [6, 6.07) is 0. The van der Waals surface area contributed by atoms with Crippen LogP contribution in [0.1, 0.15) is 0 Å². The van der Waals surface area contributed by atoms with Crippen LogP contribution in [-0.2, 0) is 0 Å². The van der Waals surface area contributed by atoms with E-state index in [1.165, 1.54) is 0 Å². The van der Waals surface area contributed by atoms with Crippen molar-refractivity contribution >= 4 is 0 Å². The van der Waals surface area contributed by atoms with Crippen LogP contribution in [-0.4, -0.2) is 17.8 Å². The smallest absolute Gasteiger partial charge is 0.205 e. The van der Waals surface area contributed by atoms with Crippen molar-refractivity contribution in [1.82, 2.24) is 0 Å². The number of halogens is 9. The van der Waals surface area contributed by atoms with Gasteiger partial charge in [0.1, 0.15) is 0 Å². The molecule has 0 spiro atoms. The summed E-state index contributed by atoms with van der Waals surface area (Å²) < 4.78 is 112. The molecule has 0 aromatic rings. The summed E-state index contributed by atoms with van der Waals surface area (Å²) in [5.74, 6) is -27.3. The molecule has 92 valence electrons. The molecule has 1 aliphatic rings. The lowest BCUT2D eigenvalue weighted by atomic mass is 10.1. The highest BCUT2D eigenvalue weighted by molar-refractivity contribution is 5.33. The molecular weight excluding hydrogens is 255 g/mol. The Kier molecular flexibility index (Phi) is 2.56. The fourth-order valence-electron chi connectivity index (χ4n) is 0.867. The second kappa shape index (κ2) is 3.17. The highest BCUT2D eigenvalue weighted by atomic mass is 19.3. The lowest BCUT2D eigenvalue weighted by molar-refractivity contribution is -0.165. The lowest BCUT2D eigenvalue weighted by Gasteiger charge is -2.20. The van der Waals surface area contributed by atoms with Gasteiger partial charge in [-0.05, 0) is 0 Å². The monoisotopic (exact) mass is 256 g/mol. The van der Waals surface area contributed by atoms with E-state index in [4.69, 9.17) is 0 Å². The zero-order chi connectivity index (χ0) is 12.9. The third-order valence-electron chi connectivity index (χ3n) is 1.77. The Hall–Kier alpha value is -1.15. The Morgan fingerprint density at radius 3 is 1.62 bits per heavy atom. The molecule has 0 atom stereocenters. The van der Waals surface area contributed by atoms with E-state index in [9.17, 15) is 39.5 Å².